The van der Waals surface area contributed by atoms with Crippen molar-refractivity contribution < 1.29 is 13.2 Å². The van der Waals surface area contributed by atoms with E-state index < -0.39 is 11.7 Å². The van der Waals surface area contributed by atoms with E-state index in [4.69, 9.17) is 0 Å². The molecule has 0 fully saturated rings. The van der Waals surface area contributed by atoms with Crippen molar-refractivity contribution >= 4 is 0 Å². The lowest BCUT2D eigenvalue weighted by atomic mass is 9.93. The number of hydrogen-bond donors (Lipinski definition) is 1. The van der Waals surface area contributed by atoms with Crippen molar-refractivity contribution in [3.05, 3.63) is 23.4 Å². The van der Waals surface area contributed by atoms with Gasteiger partial charge in [0.2, 0.25) is 0 Å². The third-order valence-corrected chi connectivity index (χ3v) is 2.13. The highest BCUT2D eigenvalue weighted by atomic mass is 19.4. The molecule has 0 aromatic carbocycles. The Balaban J connectivity index is 3.08. The maximum Gasteiger partial charge on any atom is 0.418 e. The summed E-state index contributed by atoms with van der Waals surface area (Å²) in [5.74, 6) is -0.0772. The zero-order valence-corrected chi connectivity index (χ0v) is 7.57. The SMILES string of the molecule is CNC1=C(C(F)(F)F)C=CCC1C. The van der Waals surface area contributed by atoms with Gasteiger partial charge in [-0.15, -0.1) is 0 Å². The van der Waals surface area contributed by atoms with Gasteiger partial charge >= 0.3 is 6.18 Å². The number of halogens is 3. The Morgan fingerprint density at radius 3 is 2.46 bits per heavy atom. The van der Waals surface area contributed by atoms with Crippen molar-refractivity contribution in [2.75, 3.05) is 7.05 Å². The van der Waals surface area contributed by atoms with Crippen molar-refractivity contribution in [1.82, 2.24) is 5.32 Å². The summed E-state index contributed by atoms with van der Waals surface area (Å²) < 4.78 is 37.2. The lowest BCUT2D eigenvalue weighted by Crippen LogP contribution is -2.25. The number of rotatable bonds is 1. The normalized spacial score (nSPS) is 23.6. The first-order chi connectivity index (χ1) is 5.96. The quantitative estimate of drug-likeness (QED) is 0.671. The summed E-state index contributed by atoms with van der Waals surface area (Å²) in [6.45, 7) is 1.78. The van der Waals surface area contributed by atoms with Crippen molar-refractivity contribution in [1.29, 1.82) is 0 Å². The molecule has 0 aromatic rings. The van der Waals surface area contributed by atoms with Crippen LogP contribution in [0.5, 0.6) is 0 Å². The minimum atomic E-state index is -4.25. The van der Waals surface area contributed by atoms with Crippen molar-refractivity contribution in [3.8, 4) is 0 Å². The molecule has 0 heterocycles. The van der Waals surface area contributed by atoms with Gasteiger partial charge in [-0.25, -0.2) is 0 Å². The maximum atomic E-state index is 12.4. The fraction of sp³-hybridized carbons (Fsp3) is 0.556. The molecule has 1 aliphatic rings. The predicted octanol–water partition coefficient (Wildman–Crippen LogP) is 2.62. The van der Waals surface area contributed by atoms with E-state index in [2.05, 4.69) is 5.32 Å². The highest BCUT2D eigenvalue weighted by Gasteiger charge is 2.36. The lowest BCUT2D eigenvalue weighted by molar-refractivity contribution is -0.0900. The average Bonchev–Trinajstić information content (AvgIpc) is 2.02. The van der Waals surface area contributed by atoms with Gasteiger partial charge in [-0.2, -0.15) is 13.2 Å². The van der Waals surface area contributed by atoms with E-state index in [1.807, 2.05) is 0 Å². The molecule has 74 valence electrons. The first kappa shape index (κ1) is 10.2. The molecule has 0 bridgehead atoms. The molecule has 0 radical (unpaired) electrons. The Morgan fingerprint density at radius 2 is 2.08 bits per heavy atom. The standard InChI is InChI=1S/C9H12F3N/c1-6-4-3-5-7(8(6)13-2)9(10,11)12/h3,5-6,13H,4H2,1-2H3. The van der Waals surface area contributed by atoms with Crippen LogP contribution in [0, 0.1) is 5.92 Å². The summed E-state index contributed by atoms with van der Waals surface area (Å²) in [6, 6.07) is 0. The predicted molar refractivity (Wildman–Crippen MR) is 45.1 cm³/mol. The Bertz CT molecular complexity index is 250. The second-order valence-corrected chi connectivity index (χ2v) is 3.11. The molecule has 4 heteroatoms. The van der Waals surface area contributed by atoms with Crippen molar-refractivity contribution in [2.24, 2.45) is 5.92 Å². The number of hydrogen-bond acceptors (Lipinski definition) is 1. The van der Waals surface area contributed by atoms with Crippen LogP contribution < -0.4 is 5.32 Å². The van der Waals surface area contributed by atoms with E-state index in [0.29, 0.717) is 6.42 Å². The summed E-state index contributed by atoms with van der Waals surface area (Å²) in [5, 5.41) is 2.62. The number of nitrogens with one attached hydrogen (secondary N) is 1. The second kappa shape index (κ2) is 3.44. The van der Waals surface area contributed by atoms with Crippen molar-refractivity contribution in [3.63, 3.8) is 0 Å². The van der Waals surface area contributed by atoms with Gasteiger partial charge in [-0.3, -0.25) is 0 Å². The number of allylic oxidation sites excluding steroid dienone is 4. The van der Waals surface area contributed by atoms with E-state index in [1.165, 1.54) is 7.05 Å². The molecule has 1 N–H and O–H groups in total. The largest absolute Gasteiger partial charge is 0.418 e. The van der Waals surface area contributed by atoms with Gasteiger partial charge in [0.25, 0.3) is 0 Å². The Hall–Kier alpha value is -0.930. The second-order valence-electron chi connectivity index (χ2n) is 3.11. The fourth-order valence-electron chi connectivity index (χ4n) is 1.49. The van der Waals surface area contributed by atoms with Crippen LogP contribution in [0.4, 0.5) is 13.2 Å². The Kier molecular flexibility index (Phi) is 2.68. The molecule has 1 nitrogen and oxygen atoms in total. The van der Waals surface area contributed by atoms with Gasteiger partial charge in [0, 0.05) is 12.7 Å². The molecule has 0 spiro atoms. The van der Waals surface area contributed by atoms with Crippen LogP contribution in [0.25, 0.3) is 0 Å². The molecule has 0 aliphatic heterocycles. The first-order valence-corrected chi connectivity index (χ1v) is 4.12. The molecular weight excluding hydrogens is 179 g/mol. The van der Waals surface area contributed by atoms with Crippen molar-refractivity contribution in [2.45, 2.75) is 19.5 Å². The van der Waals surface area contributed by atoms with Gasteiger partial charge in [0.05, 0.1) is 5.57 Å². The zero-order chi connectivity index (χ0) is 10.1. The summed E-state index contributed by atoms with van der Waals surface area (Å²) in [7, 11) is 1.52. The van der Waals surface area contributed by atoms with Crippen LogP contribution in [0.3, 0.4) is 0 Å². The van der Waals surface area contributed by atoms with E-state index in [1.54, 1.807) is 13.0 Å². The van der Waals surface area contributed by atoms with Gasteiger partial charge in [-0.05, 0) is 12.3 Å². The highest BCUT2D eigenvalue weighted by molar-refractivity contribution is 5.33. The summed E-state index contributed by atoms with van der Waals surface area (Å²) in [6.07, 6.45) is -0.876. The minimum Gasteiger partial charge on any atom is -0.391 e. The van der Waals surface area contributed by atoms with Gasteiger partial charge in [0.15, 0.2) is 0 Å². The molecule has 0 aromatic heterocycles. The zero-order valence-electron chi connectivity index (χ0n) is 7.57. The molecular formula is C9H12F3N. The van der Waals surface area contributed by atoms with Crippen LogP contribution >= 0.6 is 0 Å². The molecule has 0 saturated heterocycles. The summed E-state index contributed by atoms with van der Waals surface area (Å²) in [4.78, 5) is 0. The molecule has 0 amide bonds. The smallest absolute Gasteiger partial charge is 0.391 e. The topological polar surface area (TPSA) is 12.0 Å². The third kappa shape index (κ3) is 2.05. The van der Waals surface area contributed by atoms with Gasteiger partial charge in [-0.1, -0.05) is 19.1 Å². The summed E-state index contributed by atoms with van der Waals surface area (Å²) >= 11 is 0. The molecule has 13 heavy (non-hydrogen) atoms. The molecule has 1 unspecified atom stereocenters. The monoisotopic (exact) mass is 191 g/mol. The number of alkyl halides is 3. The molecule has 1 rings (SSSR count). The van der Waals surface area contributed by atoms with Crippen LogP contribution in [0.2, 0.25) is 0 Å². The van der Waals surface area contributed by atoms with Gasteiger partial charge in [0.1, 0.15) is 0 Å². The minimum absolute atomic E-state index is 0.0772. The average molecular weight is 191 g/mol. The molecule has 0 saturated carbocycles. The Morgan fingerprint density at radius 1 is 1.46 bits per heavy atom. The van der Waals surface area contributed by atoms with Crippen LogP contribution in [-0.4, -0.2) is 13.2 Å². The highest BCUT2D eigenvalue weighted by Crippen LogP contribution is 2.34. The molecule has 1 atom stereocenters. The van der Waals surface area contributed by atoms with Gasteiger partial charge < -0.3 is 5.32 Å². The maximum absolute atomic E-state index is 12.4. The molecule has 1 aliphatic carbocycles. The van der Waals surface area contributed by atoms with E-state index in [-0.39, 0.29) is 11.6 Å². The fourth-order valence-corrected chi connectivity index (χ4v) is 1.49. The Labute approximate surface area is 75.3 Å². The van der Waals surface area contributed by atoms with E-state index in [9.17, 15) is 13.2 Å². The van der Waals surface area contributed by atoms with Crippen LogP contribution in [0.1, 0.15) is 13.3 Å². The lowest BCUT2D eigenvalue weighted by Gasteiger charge is -2.23. The first-order valence-electron chi connectivity index (χ1n) is 4.12. The third-order valence-electron chi connectivity index (χ3n) is 2.13. The van der Waals surface area contributed by atoms with Crippen LogP contribution in [-0.2, 0) is 0 Å². The summed E-state index contributed by atoms with van der Waals surface area (Å²) in [5.41, 5.74) is -0.260. The van der Waals surface area contributed by atoms with E-state index >= 15 is 0 Å². The van der Waals surface area contributed by atoms with Crippen LogP contribution in [0.15, 0.2) is 23.4 Å². The van der Waals surface area contributed by atoms with E-state index in [0.717, 1.165) is 6.08 Å².